The predicted molar refractivity (Wildman–Crippen MR) is 102 cm³/mol. The molecule has 0 unspecified atom stereocenters. The van der Waals surface area contributed by atoms with Crippen LogP contribution in [0, 0.1) is 6.92 Å². The zero-order valence-corrected chi connectivity index (χ0v) is 16.7. The molecule has 0 aromatic heterocycles. The summed E-state index contributed by atoms with van der Waals surface area (Å²) >= 11 is 0. The molecule has 1 aliphatic heterocycles. The van der Waals surface area contributed by atoms with Gasteiger partial charge in [-0.25, -0.2) is 4.79 Å². The normalized spacial score (nSPS) is 18.5. The number of hydrogen-bond donors (Lipinski definition) is 4. The van der Waals surface area contributed by atoms with Crippen molar-refractivity contribution >= 4 is 23.6 Å². The van der Waals surface area contributed by atoms with E-state index in [0.29, 0.717) is 11.4 Å². The van der Waals surface area contributed by atoms with Crippen molar-refractivity contribution < 1.29 is 29.0 Å². The van der Waals surface area contributed by atoms with Crippen molar-refractivity contribution in [1.82, 2.24) is 10.6 Å². The van der Waals surface area contributed by atoms with Crippen LogP contribution in [0.4, 0.5) is 10.5 Å². The van der Waals surface area contributed by atoms with Crippen molar-refractivity contribution in [2.75, 3.05) is 11.9 Å². The third-order valence-electron chi connectivity index (χ3n) is 3.87. The molecule has 0 spiro atoms. The molecule has 4 N–H and O–H groups in total. The van der Waals surface area contributed by atoms with Gasteiger partial charge < -0.3 is 30.5 Å². The summed E-state index contributed by atoms with van der Waals surface area (Å²) in [4.78, 5) is 36.9. The highest BCUT2D eigenvalue weighted by Crippen LogP contribution is 2.27. The van der Waals surface area contributed by atoms with E-state index in [2.05, 4.69) is 16.0 Å². The quantitative estimate of drug-likeness (QED) is 0.607. The number of nitrogens with one attached hydrogen (secondary N) is 3. The van der Waals surface area contributed by atoms with Gasteiger partial charge in [-0.3, -0.25) is 9.59 Å². The molecule has 1 aromatic rings. The standard InChI is InChI=1S/C19H27N3O6/c1-10-6-7-12-14(8-10)27-9-13(16(24)20-12)21-17(25)15(11(2)23)22-18(26)28-19(3,4)5/h6-8,11,13,15,23H,9H2,1-5H3,(H,20,24)(H,21,25)(H,22,26)/t11-,13+,15+/m1/s1. The summed E-state index contributed by atoms with van der Waals surface area (Å²) in [5, 5.41) is 17.4. The molecule has 1 heterocycles. The first-order valence-corrected chi connectivity index (χ1v) is 8.98. The van der Waals surface area contributed by atoms with Crippen LogP contribution in [0.5, 0.6) is 5.75 Å². The Bertz CT molecular complexity index is 757. The van der Waals surface area contributed by atoms with Crippen molar-refractivity contribution in [3.05, 3.63) is 23.8 Å². The van der Waals surface area contributed by atoms with Crippen molar-refractivity contribution in [2.45, 2.75) is 58.4 Å². The number of aryl methyl sites for hydroxylation is 1. The first kappa shape index (κ1) is 21.5. The van der Waals surface area contributed by atoms with Crippen LogP contribution in [0.25, 0.3) is 0 Å². The van der Waals surface area contributed by atoms with E-state index in [1.807, 2.05) is 13.0 Å². The average molecular weight is 393 g/mol. The molecule has 9 nitrogen and oxygen atoms in total. The Hall–Kier alpha value is -2.81. The van der Waals surface area contributed by atoms with Gasteiger partial charge >= 0.3 is 6.09 Å². The maximum absolute atomic E-state index is 12.6. The van der Waals surface area contributed by atoms with E-state index in [1.54, 1.807) is 32.9 Å². The zero-order valence-electron chi connectivity index (χ0n) is 16.7. The second kappa shape index (κ2) is 8.47. The molecule has 28 heavy (non-hydrogen) atoms. The Morgan fingerprint density at radius 1 is 1.36 bits per heavy atom. The van der Waals surface area contributed by atoms with Crippen LogP contribution in [-0.2, 0) is 14.3 Å². The largest absolute Gasteiger partial charge is 0.489 e. The van der Waals surface area contributed by atoms with E-state index in [4.69, 9.17) is 9.47 Å². The average Bonchev–Trinajstić information content (AvgIpc) is 2.70. The molecular formula is C19H27N3O6. The van der Waals surface area contributed by atoms with E-state index in [0.717, 1.165) is 5.56 Å². The number of hydrogen-bond acceptors (Lipinski definition) is 6. The molecule has 1 aliphatic rings. The Morgan fingerprint density at radius 2 is 2.04 bits per heavy atom. The molecule has 0 aliphatic carbocycles. The number of aliphatic hydroxyl groups excluding tert-OH is 1. The first-order chi connectivity index (χ1) is 13.0. The number of amides is 3. The SMILES string of the molecule is Cc1ccc2c(c1)OC[C@H](NC(=O)[C@@H](NC(=O)OC(C)(C)C)[C@@H](C)O)C(=O)N2. The van der Waals surface area contributed by atoms with Crippen molar-refractivity contribution in [1.29, 1.82) is 0 Å². The van der Waals surface area contributed by atoms with Gasteiger partial charge in [0.1, 0.15) is 30.0 Å². The second-order valence-corrected chi connectivity index (χ2v) is 7.73. The lowest BCUT2D eigenvalue weighted by molar-refractivity contribution is -0.130. The lowest BCUT2D eigenvalue weighted by Gasteiger charge is -2.25. The Morgan fingerprint density at radius 3 is 2.64 bits per heavy atom. The van der Waals surface area contributed by atoms with E-state index in [9.17, 15) is 19.5 Å². The highest BCUT2D eigenvalue weighted by molar-refractivity contribution is 6.00. The van der Waals surface area contributed by atoms with Crippen LogP contribution in [0.15, 0.2) is 18.2 Å². The van der Waals surface area contributed by atoms with Gasteiger partial charge in [0.25, 0.3) is 5.91 Å². The van der Waals surface area contributed by atoms with E-state index in [-0.39, 0.29) is 6.61 Å². The number of aliphatic hydroxyl groups is 1. The minimum absolute atomic E-state index is 0.0903. The summed E-state index contributed by atoms with van der Waals surface area (Å²) in [5.74, 6) is -0.687. The van der Waals surface area contributed by atoms with Gasteiger partial charge in [0.05, 0.1) is 11.8 Å². The molecule has 154 valence electrons. The van der Waals surface area contributed by atoms with Crippen LogP contribution in [0.3, 0.4) is 0 Å². The minimum Gasteiger partial charge on any atom is -0.489 e. The molecule has 3 amide bonds. The minimum atomic E-state index is -1.30. The van der Waals surface area contributed by atoms with Crippen LogP contribution in [0.1, 0.15) is 33.3 Å². The van der Waals surface area contributed by atoms with Crippen LogP contribution in [0.2, 0.25) is 0 Å². The van der Waals surface area contributed by atoms with E-state index < -0.39 is 41.7 Å². The molecule has 1 aromatic carbocycles. The number of anilines is 1. The van der Waals surface area contributed by atoms with Gasteiger partial charge in [0.2, 0.25) is 5.91 Å². The summed E-state index contributed by atoms with van der Waals surface area (Å²) in [6.07, 6.45) is -2.06. The molecule has 2 rings (SSSR count). The number of rotatable bonds is 4. The first-order valence-electron chi connectivity index (χ1n) is 8.98. The van der Waals surface area contributed by atoms with Crippen molar-refractivity contribution in [3.63, 3.8) is 0 Å². The molecule has 0 saturated carbocycles. The number of carbonyl (C=O) groups excluding carboxylic acids is 3. The fourth-order valence-corrected chi connectivity index (χ4v) is 2.53. The van der Waals surface area contributed by atoms with Gasteiger partial charge in [-0.15, -0.1) is 0 Å². The van der Waals surface area contributed by atoms with E-state index in [1.165, 1.54) is 6.92 Å². The molecule has 9 heteroatoms. The maximum atomic E-state index is 12.6. The summed E-state index contributed by atoms with van der Waals surface area (Å²) in [6, 6.07) is 3.03. The van der Waals surface area contributed by atoms with Gasteiger partial charge in [-0.05, 0) is 52.3 Å². The topological polar surface area (TPSA) is 126 Å². The lowest BCUT2D eigenvalue weighted by Crippen LogP contribution is -2.57. The van der Waals surface area contributed by atoms with E-state index >= 15 is 0 Å². The fraction of sp³-hybridized carbons (Fsp3) is 0.526. The summed E-state index contributed by atoms with van der Waals surface area (Å²) < 4.78 is 10.7. The van der Waals surface area contributed by atoms with Crippen LogP contribution < -0.4 is 20.7 Å². The van der Waals surface area contributed by atoms with Crippen molar-refractivity contribution in [3.8, 4) is 5.75 Å². The molecular weight excluding hydrogens is 366 g/mol. The Labute approximate surface area is 163 Å². The van der Waals surface area contributed by atoms with Gasteiger partial charge in [0, 0.05) is 0 Å². The second-order valence-electron chi connectivity index (χ2n) is 7.73. The molecule has 3 atom stereocenters. The van der Waals surface area contributed by atoms with Crippen LogP contribution in [-0.4, -0.2) is 53.4 Å². The van der Waals surface area contributed by atoms with Gasteiger partial charge in [-0.2, -0.15) is 0 Å². The summed E-state index contributed by atoms with van der Waals surface area (Å²) in [6.45, 7) is 8.19. The number of alkyl carbamates (subject to hydrolysis) is 1. The highest BCUT2D eigenvalue weighted by Gasteiger charge is 2.32. The molecule has 0 radical (unpaired) electrons. The predicted octanol–water partition coefficient (Wildman–Crippen LogP) is 1.08. The maximum Gasteiger partial charge on any atom is 0.408 e. The Balaban J connectivity index is 2.05. The lowest BCUT2D eigenvalue weighted by atomic mass is 10.1. The fourth-order valence-electron chi connectivity index (χ4n) is 2.53. The summed E-state index contributed by atoms with van der Waals surface area (Å²) in [5.41, 5.74) is 0.709. The highest BCUT2D eigenvalue weighted by atomic mass is 16.6. The molecule has 0 bridgehead atoms. The van der Waals surface area contributed by atoms with Gasteiger partial charge in [-0.1, -0.05) is 6.07 Å². The monoisotopic (exact) mass is 393 g/mol. The number of fused-ring (bicyclic) bond motifs is 1. The third kappa shape index (κ3) is 5.85. The number of carbonyl (C=O) groups is 3. The molecule has 0 fully saturated rings. The molecule has 0 saturated heterocycles. The van der Waals surface area contributed by atoms with Crippen LogP contribution >= 0.6 is 0 Å². The Kier molecular flexibility index (Phi) is 6.50. The van der Waals surface area contributed by atoms with Crippen molar-refractivity contribution in [2.24, 2.45) is 0 Å². The summed E-state index contributed by atoms with van der Waals surface area (Å²) in [7, 11) is 0. The van der Waals surface area contributed by atoms with Gasteiger partial charge in [0.15, 0.2) is 0 Å². The smallest absolute Gasteiger partial charge is 0.408 e. The number of ether oxygens (including phenoxy) is 2. The number of benzene rings is 1. The third-order valence-corrected chi connectivity index (χ3v) is 3.87. The zero-order chi connectivity index (χ0) is 21.1.